The second-order valence-corrected chi connectivity index (χ2v) is 7.81. The minimum atomic E-state index is -0.550. The number of amides is 1. The normalized spacial score (nSPS) is 13.0. The molecule has 0 N–H and O–H groups in total. The summed E-state index contributed by atoms with van der Waals surface area (Å²) in [5.74, 6) is 0.153. The lowest BCUT2D eigenvalue weighted by molar-refractivity contribution is -0.135. The summed E-state index contributed by atoms with van der Waals surface area (Å²) in [6, 6.07) is 0.0211. The molecule has 1 rings (SSSR count). The highest BCUT2D eigenvalue weighted by atomic mass is 16.5. The third-order valence-corrected chi connectivity index (χ3v) is 3.68. The van der Waals surface area contributed by atoms with Crippen molar-refractivity contribution in [1.82, 2.24) is 9.88 Å². The number of carbonyl (C=O) groups excluding carboxylic acids is 2. The molecule has 24 heavy (non-hydrogen) atoms. The van der Waals surface area contributed by atoms with Crippen molar-refractivity contribution < 1.29 is 18.7 Å². The fourth-order valence-corrected chi connectivity index (χ4v) is 2.82. The molecule has 0 bridgehead atoms. The SMILES string of the molecule is COC(=O)c1coc(CN(C(=O)CC(C)CC(C)(C)C)C(C)C)n1. The van der Waals surface area contributed by atoms with E-state index in [4.69, 9.17) is 4.42 Å². The van der Waals surface area contributed by atoms with Gasteiger partial charge in [-0.15, -0.1) is 0 Å². The molecule has 1 aromatic rings. The topological polar surface area (TPSA) is 72.6 Å². The summed E-state index contributed by atoms with van der Waals surface area (Å²) in [5.41, 5.74) is 0.310. The summed E-state index contributed by atoms with van der Waals surface area (Å²) >= 11 is 0. The van der Waals surface area contributed by atoms with Gasteiger partial charge in [-0.05, 0) is 31.6 Å². The number of nitrogens with zero attached hydrogens (tertiary/aromatic N) is 2. The van der Waals surface area contributed by atoms with E-state index >= 15 is 0 Å². The average Bonchev–Trinajstić information content (AvgIpc) is 2.89. The van der Waals surface area contributed by atoms with Crippen molar-refractivity contribution in [3.63, 3.8) is 0 Å². The quantitative estimate of drug-likeness (QED) is 0.709. The number of oxazole rings is 1. The Morgan fingerprint density at radius 1 is 1.29 bits per heavy atom. The molecule has 0 aromatic carbocycles. The zero-order valence-corrected chi connectivity index (χ0v) is 15.9. The molecule has 0 spiro atoms. The van der Waals surface area contributed by atoms with Crippen LogP contribution in [0.25, 0.3) is 0 Å². The first-order valence-electron chi connectivity index (χ1n) is 8.35. The third-order valence-electron chi connectivity index (χ3n) is 3.68. The molecule has 0 aliphatic rings. The Morgan fingerprint density at radius 2 is 1.92 bits per heavy atom. The van der Waals surface area contributed by atoms with E-state index in [1.165, 1.54) is 13.4 Å². The van der Waals surface area contributed by atoms with Crippen LogP contribution in [0.4, 0.5) is 0 Å². The lowest BCUT2D eigenvalue weighted by atomic mass is 9.84. The Kier molecular flexibility index (Phi) is 6.99. The highest BCUT2D eigenvalue weighted by Crippen LogP contribution is 2.26. The number of hydrogen-bond acceptors (Lipinski definition) is 5. The first-order valence-corrected chi connectivity index (χ1v) is 8.35. The number of rotatable bonds is 7. The summed E-state index contributed by atoms with van der Waals surface area (Å²) in [5, 5.41) is 0. The molecule has 1 heterocycles. The van der Waals surface area contributed by atoms with Gasteiger partial charge in [0.2, 0.25) is 11.8 Å². The maximum Gasteiger partial charge on any atom is 0.360 e. The molecule has 1 atom stereocenters. The number of aromatic nitrogens is 1. The van der Waals surface area contributed by atoms with Crippen molar-refractivity contribution in [2.45, 2.75) is 67.0 Å². The van der Waals surface area contributed by atoms with Crippen LogP contribution in [-0.2, 0) is 16.1 Å². The molecule has 0 fully saturated rings. The Balaban J connectivity index is 2.74. The molecule has 0 aliphatic heterocycles. The standard InChI is InChI=1S/C18H30N2O4/c1-12(2)20(16(21)8-13(3)9-18(4,5)6)10-15-19-14(11-24-15)17(22)23-7/h11-13H,8-10H2,1-7H3. The van der Waals surface area contributed by atoms with Gasteiger partial charge in [0.1, 0.15) is 6.26 Å². The van der Waals surface area contributed by atoms with Crippen molar-refractivity contribution in [2.24, 2.45) is 11.3 Å². The highest BCUT2D eigenvalue weighted by Gasteiger charge is 2.24. The van der Waals surface area contributed by atoms with Gasteiger partial charge < -0.3 is 14.1 Å². The molecule has 6 heteroatoms. The van der Waals surface area contributed by atoms with E-state index in [9.17, 15) is 9.59 Å². The largest absolute Gasteiger partial charge is 0.464 e. The van der Waals surface area contributed by atoms with Crippen molar-refractivity contribution in [3.05, 3.63) is 17.8 Å². The van der Waals surface area contributed by atoms with E-state index in [1.807, 2.05) is 13.8 Å². The predicted octanol–water partition coefficient (Wildman–Crippen LogP) is 3.66. The Hall–Kier alpha value is -1.85. The molecule has 1 unspecified atom stereocenters. The smallest absolute Gasteiger partial charge is 0.360 e. The molecule has 0 radical (unpaired) electrons. The third kappa shape index (κ3) is 6.34. The second-order valence-electron chi connectivity index (χ2n) is 7.81. The molecule has 1 amide bonds. The predicted molar refractivity (Wildman–Crippen MR) is 91.4 cm³/mol. The van der Waals surface area contributed by atoms with Crippen LogP contribution in [0.5, 0.6) is 0 Å². The average molecular weight is 338 g/mol. The highest BCUT2D eigenvalue weighted by molar-refractivity contribution is 5.86. The summed E-state index contributed by atoms with van der Waals surface area (Å²) in [4.78, 5) is 29.9. The number of carbonyl (C=O) groups is 2. The summed E-state index contributed by atoms with van der Waals surface area (Å²) in [7, 11) is 1.29. The van der Waals surface area contributed by atoms with Gasteiger partial charge in [-0.3, -0.25) is 4.79 Å². The molecule has 136 valence electrons. The maximum atomic E-state index is 12.6. The molecular formula is C18H30N2O4. The number of hydrogen-bond donors (Lipinski definition) is 0. The van der Waals surface area contributed by atoms with Crippen molar-refractivity contribution >= 4 is 11.9 Å². The van der Waals surface area contributed by atoms with E-state index in [-0.39, 0.29) is 29.6 Å². The van der Waals surface area contributed by atoms with E-state index < -0.39 is 5.97 Å². The monoisotopic (exact) mass is 338 g/mol. The molecule has 0 aliphatic carbocycles. The van der Waals surface area contributed by atoms with Crippen LogP contribution in [0.2, 0.25) is 0 Å². The van der Waals surface area contributed by atoms with Gasteiger partial charge in [-0.1, -0.05) is 27.7 Å². The molecule has 0 saturated heterocycles. The summed E-state index contributed by atoms with van der Waals surface area (Å²) in [6.07, 6.45) is 2.72. The number of ether oxygens (including phenoxy) is 1. The van der Waals surface area contributed by atoms with Gasteiger partial charge in [0.05, 0.1) is 13.7 Å². The van der Waals surface area contributed by atoms with Gasteiger partial charge in [-0.2, -0.15) is 0 Å². The van der Waals surface area contributed by atoms with Crippen molar-refractivity contribution in [1.29, 1.82) is 0 Å². The van der Waals surface area contributed by atoms with Crippen LogP contribution >= 0.6 is 0 Å². The van der Waals surface area contributed by atoms with Gasteiger partial charge in [-0.25, -0.2) is 9.78 Å². The van der Waals surface area contributed by atoms with Gasteiger partial charge in [0, 0.05) is 12.5 Å². The van der Waals surface area contributed by atoms with E-state index in [0.717, 1.165) is 6.42 Å². The fraction of sp³-hybridized carbons (Fsp3) is 0.722. The lowest BCUT2D eigenvalue weighted by Gasteiger charge is -2.28. The van der Waals surface area contributed by atoms with Crippen LogP contribution in [0, 0.1) is 11.3 Å². The first kappa shape index (κ1) is 20.2. The summed E-state index contributed by atoms with van der Waals surface area (Å²) < 4.78 is 9.90. The van der Waals surface area contributed by atoms with Crippen molar-refractivity contribution in [3.8, 4) is 0 Å². The first-order chi connectivity index (χ1) is 11.0. The van der Waals surface area contributed by atoms with Crippen LogP contribution in [0.15, 0.2) is 10.7 Å². The Bertz CT molecular complexity index is 558. The van der Waals surface area contributed by atoms with Crippen LogP contribution in [0.3, 0.4) is 0 Å². The lowest BCUT2D eigenvalue weighted by Crippen LogP contribution is -2.37. The Labute approximate surface area is 144 Å². The minimum Gasteiger partial charge on any atom is -0.464 e. The van der Waals surface area contributed by atoms with Gasteiger partial charge >= 0.3 is 5.97 Å². The van der Waals surface area contributed by atoms with Gasteiger partial charge in [0.15, 0.2) is 5.69 Å². The number of esters is 1. The molecular weight excluding hydrogens is 308 g/mol. The van der Waals surface area contributed by atoms with Crippen LogP contribution < -0.4 is 0 Å². The molecule has 1 aromatic heterocycles. The van der Waals surface area contributed by atoms with Crippen molar-refractivity contribution in [2.75, 3.05) is 7.11 Å². The van der Waals surface area contributed by atoms with Crippen LogP contribution in [-0.4, -0.2) is 34.9 Å². The van der Waals surface area contributed by atoms with Crippen LogP contribution in [0.1, 0.15) is 70.8 Å². The maximum absolute atomic E-state index is 12.6. The Morgan fingerprint density at radius 3 is 2.42 bits per heavy atom. The fourth-order valence-electron chi connectivity index (χ4n) is 2.82. The van der Waals surface area contributed by atoms with E-state index in [1.54, 1.807) is 4.90 Å². The second kappa shape index (κ2) is 8.31. The molecule has 0 saturated carbocycles. The summed E-state index contributed by atoms with van der Waals surface area (Å²) in [6.45, 7) is 12.8. The van der Waals surface area contributed by atoms with Gasteiger partial charge in [0.25, 0.3) is 0 Å². The zero-order valence-electron chi connectivity index (χ0n) is 15.9. The minimum absolute atomic E-state index is 0.0211. The van der Waals surface area contributed by atoms with E-state index in [0.29, 0.717) is 18.2 Å². The zero-order chi connectivity index (χ0) is 18.5. The molecule has 6 nitrogen and oxygen atoms in total. The number of methoxy groups -OCH3 is 1. The van der Waals surface area contributed by atoms with E-state index in [2.05, 4.69) is 37.4 Å².